The maximum atomic E-state index is 12.1. The Morgan fingerprint density at radius 2 is 2.11 bits per heavy atom. The molecule has 2 heterocycles. The molecule has 28 heavy (non-hydrogen) atoms. The van der Waals surface area contributed by atoms with E-state index in [9.17, 15) is 14.9 Å². The van der Waals surface area contributed by atoms with E-state index in [1.54, 1.807) is 44.7 Å². The fourth-order valence-corrected chi connectivity index (χ4v) is 2.40. The van der Waals surface area contributed by atoms with E-state index in [1.807, 2.05) is 0 Å². The zero-order valence-corrected chi connectivity index (χ0v) is 15.1. The molecule has 1 aromatic carbocycles. The number of carbonyl (C=O) groups excluding carboxylic acids is 1. The lowest BCUT2D eigenvalue weighted by Crippen LogP contribution is -2.23. The number of likely N-dealkylation sites (N-methyl/N-ethyl adjacent to an activating group) is 1. The number of anilines is 1. The number of carbonyl (C=O) groups is 1. The van der Waals surface area contributed by atoms with Gasteiger partial charge in [0.1, 0.15) is 17.8 Å². The lowest BCUT2D eigenvalue weighted by Gasteiger charge is -2.13. The number of rotatable bonds is 6. The highest BCUT2D eigenvalue weighted by atomic mass is 16.6. The molecule has 0 aliphatic carbocycles. The maximum Gasteiger partial charge on any atom is 0.349 e. The second kappa shape index (κ2) is 7.70. The number of imidazole rings is 1. The van der Waals surface area contributed by atoms with Crippen molar-refractivity contribution >= 4 is 17.5 Å². The second-order valence-corrected chi connectivity index (χ2v) is 6.05. The number of amides is 1. The van der Waals surface area contributed by atoms with Crippen LogP contribution in [0.5, 0.6) is 11.6 Å². The molecule has 1 amide bonds. The van der Waals surface area contributed by atoms with Crippen molar-refractivity contribution in [3.05, 3.63) is 52.5 Å². The molecule has 11 nitrogen and oxygen atoms in total. The number of hydrogen-bond donors (Lipinski definition) is 2. The topological polar surface area (TPSA) is 153 Å². The quantitative estimate of drug-likeness (QED) is 0.482. The van der Waals surface area contributed by atoms with Crippen molar-refractivity contribution in [2.24, 2.45) is 0 Å². The third-order valence-corrected chi connectivity index (χ3v) is 3.76. The van der Waals surface area contributed by atoms with Gasteiger partial charge in [-0.2, -0.15) is 4.98 Å². The molecule has 0 unspecified atom stereocenters. The van der Waals surface area contributed by atoms with Crippen molar-refractivity contribution in [2.75, 3.05) is 19.8 Å². The molecule has 3 rings (SSSR count). The van der Waals surface area contributed by atoms with Gasteiger partial charge in [-0.15, -0.1) is 0 Å². The molecule has 11 heteroatoms. The Hall–Kier alpha value is -4.02. The first kappa shape index (κ1) is 18.8. The molecule has 0 aliphatic rings. The Kier molecular flexibility index (Phi) is 5.16. The lowest BCUT2D eigenvalue weighted by atomic mass is 10.1. The number of aromatic nitrogens is 4. The standard InChI is InChI=1S/C17H17N7O4/c1-23(2)14(25)7-10-5-11(15-19-3-4-20-15)8-12(6-10)28-16-13(24(26)27)9-21-17(18)22-16/h3-6,8-9H,7H2,1-2H3,(H,19,20)(H2,18,21,22). The van der Waals surface area contributed by atoms with Crippen LogP contribution in [0.2, 0.25) is 0 Å². The molecular formula is C17H17N7O4. The van der Waals surface area contributed by atoms with Gasteiger partial charge in [0.05, 0.1) is 11.3 Å². The van der Waals surface area contributed by atoms with Crippen LogP contribution in [0, 0.1) is 10.1 Å². The number of nitro groups is 1. The number of aromatic amines is 1. The van der Waals surface area contributed by atoms with Gasteiger partial charge in [0.2, 0.25) is 11.9 Å². The molecule has 3 aromatic rings. The predicted octanol–water partition coefficient (Wildman–Crippen LogP) is 1.78. The summed E-state index contributed by atoms with van der Waals surface area (Å²) in [5.41, 5.74) is 6.39. The normalized spacial score (nSPS) is 10.5. The number of ether oxygens (including phenoxy) is 1. The molecule has 3 N–H and O–H groups in total. The SMILES string of the molecule is CN(C)C(=O)Cc1cc(Oc2nc(N)ncc2[N+](=O)[O-])cc(-c2ncc[nH]2)c1. The van der Waals surface area contributed by atoms with Gasteiger partial charge in [-0.25, -0.2) is 9.97 Å². The van der Waals surface area contributed by atoms with E-state index in [0.29, 0.717) is 17.0 Å². The summed E-state index contributed by atoms with van der Waals surface area (Å²) in [6.45, 7) is 0. The van der Waals surface area contributed by atoms with E-state index in [1.165, 1.54) is 4.90 Å². The van der Waals surface area contributed by atoms with Gasteiger partial charge in [-0.05, 0) is 23.8 Å². The van der Waals surface area contributed by atoms with Gasteiger partial charge >= 0.3 is 11.6 Å². The Balaban J connectivity index is 2.03. The highest BCUT2D eigenvalue weighted by Crippen LogP contribution is 2.32. The van der Waals surface area contributed by atoms with Gasteiger partial charge < -0.3 is 20.4 Å². The molecule has 0 saturated heterocycles. The van der Waals surface area contributed by atoms with Crippen molar-refractivity contribution in [3.63, 3.8) is 0 Å². The van der Waals surface area contributed by atoms with E-state index in [2.05, 4.69) is 19.9 Å². The zero-order valence-electron chi connectivity index (χ0n) is 15.1. The fourth-order valence-electron chi connectivity index (χ4n) is 2.40. The third kappa shape index (κ3) is 4.20. The Labute approximate surface area is 159 Å². The van der Waals surface area contributed by atoms with E-state index in [4.69, 9.17) is 10.5 Å². The number of nitrogens with two attached hydrogens (primary N) is 1. The summed E-state index contributed by atoms with van der Waals surface area (Å²) in [7, 11) is 3.31. The highest BCUT2D eigenvalue weighted by Gasteiger charge is 2.20. The summed E-state index contributed by atoms with van der Waals surface area (Å²) >= 11 is 0. The Morgan fingerprint density at radius 3 is 2.75 bits per heavy atom. The van der Waals surface area contributed by atoms with E-state index >= 15 is 0 Å². The van der Waals surface area contributed by atoms with E-state index in [0.717, 1.165) is 6.20 Å². The van der Waals surface area contributed by atoms with Crippen molar-refractivity contribution in [3.8, 4) is 23.0 Å². The molecular weight excluding hydrogens is 366 g/mol. The maximum absolute atomic E-state index is 12.1. The molecule has 144 valence electrons. The van der Waals surface area contributed by atoms with E-state index < -0.39 is 10.6 Å². The molecule has 0 atom stereocenters. The molecule has 0 saturated carbocycles. The van der Waals surface area contributed by atoms with Gasteiger partial charge in [0.15, 0.2) is 0 Å². The molecule has 0 aliphatic heterocycles. The summed E-state index contributed by atoms with van der Waals surface area (Å²) in [6, 6.07) is 5.02. The van der Waals surface area contributed by atoms with Crippen LogP contribution in [-0.2, 0) is 11.2 Å². The second-order valence-electron chi connectivity index (χ2n) is 6.05. The van der Waals surface area contributed by atoms with Gasteiger partial charge in [0.25, 0.3) is 0 Å². The number of benzene rings is 1. The fraction of sp³-hybridized carbons (Fsp3) is 0.176. The van der Waals surface area contributed by atoms with E-state index in [-0.39, 0.29) is 29.9 Å². The average molecular weight is 383 g/mol. The summed E-state index contributed by atoms with van der Waals surface area (Å²) in [5, 5.41) is 11.2. The first-order valence-electron chi connectivity index (χ1n) is 8.12. The molecule has 0 radical (unpaired) electrons. The average Bonchev–Trinajstić information content (AvgIpc) is 3.16. The number of hydrogen-bond acceptors (Lipinski definition) is 8. The number of nitrogens with one attached hydrogen (secondary N) is 1. The molecule has 2 aromatic heterocycles. The summed E-state index contributed by atoms with van der Waals surface area (Å²) in [6.07, 6.45) is 4.34. The van der Waals surface area contributed by atoms with Gasteiger partial charge in [-0.1, -0.05) is 0 Å². The minimum absolute atomic E-state index is 0.111. The summed E-state index contributed by atoms with van der Waals surface area (Å²) in [4.78, 5) is 38.7. The number of nitrogens with zero attached hydrogens (tertiary/aromatic N) is 5. The predicted molar refractivity (Wildman–Crippen MR) is 99.6 cm³/mol. The van der Waals surface area contributed by atoms with Crippen molar-refractivity contribution in [1.82, 2.24) is 24.8 Å². The van der Waals surface area contributed by atoms with Crippen LogP contribution in [0.1, 0.15) is 5.56 Å². The van der Waals surface area contributed by atoms with Crippen molar-refractivity contribution < 1.29 is 14.5 Å². The third-order valence-electron chi connectivity index (χ3n) is 3.76. The first-order chi connectivity index (χ1) is 13.3. The Morgan fingerprint density at radius 1 is 1.32 bits per heavy atom. The zero-order chi connectivity index (χ0) is 20.3. The monoisotopic (exact) mass is 383 g/mol. The van der Waals surface area contributed by atoms with Crippen molar-refractivity contribution in [1.29, 1.82) is 0 Å². The minimum atomic E-state index is -0.665. The minimum Gasteiger partial charge on any atom is -0.434 e. The largest absolute Gasteiger partial charge is 0.434 e. The highest BCUT2D eigenvalue weighted by molar-refractivity contribution is 5.79. The lowest BCUT2D eigenvalue weighted by molar-refractivity contribution is -0.386. The van der Waals surface area contributed by atoms with Crippen LogP contribution in [0.25, 0.3) is 11.4 Å². The summed E-state index contributed by atoms with van der Waals surface area (Å²) in [5.74, 6) is 0.238. The molecule has 0 bridgehead atoms. The van der Waals surface area contributed by atoms with Crippen molar-refractivity contribution in [2.45, 2.75) is 6.42 Å². The number of H-pyrrole nitrogens is 1. The van der Waals surface area contributed by atoms with Crippen LogP contribution in [0.15, 0.2) is 36.8 Å². The molecule has 0 fully saturated rings. The van der Waals surface area contributed by atoms with Gasteiger partial charge in [-0.3, -0.25) is 14.9 Å². The van der Waals surface area contributed by atoms with Gasteiger partial charge in [0, 0.05) is 32.1 Å². The van der Waals surface area contributed by atoms with Crippen LogP contribution in [0.3, 0.4) is 0 Å². The Bertz CT molecular complexity index is 1020. The van der Waals surface area contributed by atoms with Crippen LogP contribution in [-0.4, -0.2) is 49.8 Å². The van der Waals surface area contributed by atoms with Crippen LogP contribution >= 0.6 is 0 Å². The smallest absolute Gasteiger partial charge is 0.349 e. The van der Waals surface area contributed by atoms with Crippen LogP contribution < -0.4 is 10.5 Å². The van der Waals surface area contributed by atoms with Crippen LogP contribution in [0.4, 0.5) is 11.6 Å². The molecule has 0 spiro atoms. The first-order valence-corrected chi connectivity index (χ1v) is 8.12. The number of nitrogen functional groups attached to an aromatic ring is 1. The summed E-state index contributed by atoms with van der Waals surface area (Å²) < 4.78 is 5.63.